The molecule has 0 fully saturated rings. The van der Waals surface area contributed by atoms with E-state index in [2.05, 4.69) is 26.1 Å². The number of hydrogen-bond acceptors (Lipinski definition) is 1. The lowest BCUT2D eigenvalue weighted by molar-refractivity contribution is 0.426. The molecule has 1 heteroatoms. The van der Waals surface area contributed by atoms with Gasteiger partial charge in [-0.25, -0.2) is 0 Å². The van der Waals surface area contributed by atoms with Crippen LogP contribution < -0.4 is 5.32 Å². The fourth-order valence-electron chi connectivity index (χ4n) is 1.66. The summed E-state index contributed by atoms with van der Waals surface area (Å²) in [5.74, 6) is 0.909. The third-order valence-corrected chi connectivity index (χ3v) is 2.66. The van der Waals surface area contributed by atoms with Crippen LogP contribution in [-0.2, 0) is 0 Å². The number of unbranched alkanes of at least 4 members (excludes halogenated alkanes) is 2. The Morgan fingerprint density at radius 2 is 1.60 bits per heavy atom. The van der Waals surface area contributed by atoms with Gasteiger partial charge in [0.25, 0.3) is 0 Å². The Labute approximate surface area is 98.0 Å². The average Bonchev–Trinajstić information content (AvgIpc) is 2.30. The zero-order valence-corrected chi connectivity index (χ0v) is 11.7. The maximum absolute atomic E-state index is 3.56. The largest absolute Gasteiger partial charge is 0.316 e. The SMILES string of the molecule is CC.CCCCCNCC(CC)CCC. The second-order valence-corrected chi connectivity index (χ2v) is 3.97. The van der Waals surface area contributed by atoms with E-state index >= 15 is 0 Å². The first kappa shape index (κ1) is 17.4. The van der Waals surface area contributed by atoms with Gasteiger partial charge in [0.15, 0.2) is 0 Å². The maximum atomic E-state index is 3.56. The highest BCUT2D eigenvalue weighted by Gasteiger charge is 2.02. The monoisotopic (exact) mass is 215 g/mol. The molecule has 15 heavy (non-hydrogen) atoms. The third-order valence-electron chi connectivity index (χ3n) is 2.66. The molecular weight excluding hydrogens is 182 g/mol. The molecule has 0 amide bonds. The first-order chi connectivity index (χ1) is 7.35. The van der Waals surface area contributed by atoms with Gasteiger partial charge >= 0.3 is 0 Å². The predicted octanol–water partition coefficient (Wildman–Crippen LogP) is 4.62. The molecule has 0 aromatic rings. The van der Waals surface area contributed by atoms with Gasteiger partial charge in [-0.2, -0.15) is 0 Å². The average molecular weight is 215 g/mol. The Bertz CT molecular complexity index is 91.3. The molecule has 0 saturated heterocycles. The summed E-state index contributed by atoms with van der Waals surface area (Å²) in [5, 5.41) is 3.56. The topological polar surface area (TPSA) is 12.0 Å². The second kappa shape index (κ2) is 16.4. The molecule has 0 heterocycles. The molecule has 0 aromatic carbocycles. The van der Waals surface area contributed by atoms with Gasteiger partial charge in [-0.3, -0.25) is 0 Å². The van der Waals surface area contributed by atoms with Gasteiger partial charge in [-0.05, 0) is 31.8 Å². The van der Waals surface area contributed by atoms with E-state index in [0.29, 0.717) is 0 Å². The van der Waals surface area contributed by atoms with E-state index in [-0.39, 0.29) is 0 Å². The van der Waals surface area contributed by atoms with Gasteiger partial charge in [0.2, 0.25) is 0 Å². The zero-order valence-electron chi connectivity index (χ0n) is 11.7. The van der Waals surface area contributed by atoms with Crippen LogP contribution in [0.2, 0.25) is 0 Å². The summed E-state index contributed by atoms with van der Waals surface area (Å²) in [7, 11) is 0. The van der Waals surface area contributed by atoms with Crippen LogP contribution in [0.5, 0.6) is 0 Å². The van der Waals surface area contributed by atoms with E-state index < -0.39 is 0 Å². The first-order valence-corrected chi connectivity index (χ1v) is 7.05. The van der Waals surface area contributed by atoms with Crippen LogP contribution in [-0.4, -0.2) is 13.1 Å². The normalized spacial score (nSPS) is 11.8. The fraction of sp³-hybridized carbons (Fsp3) is 1.00. The molecule has 0 rings (SSSR count). The Kier molecular flexibility index (Phi) is 19.0. The van der Waals surface area contributed by atoms with Crippen LogP contribution >= 0.6 is 0 Å². The molecule has 1 atom stereocenters. The molecule has 0 spiro atoms. The third kappa shape index (κ3) is 14.0. The Morgan fingerprint density at radius 3 is 2.07 bits per heavy atom. The molecule has 0 aliphatic heterocycles. The molecule has 1 nitrogen and oxygen atoms in total. The van der Waals surface area contributed by atoms with Crippen molar-refractivity contribution in [3.8, 4) is 0 Å². The van der Waals surface area contributed by atoms with Gasteiger partial charge in [-0.1, -0.05) is 60.3 Å². The van der Waals surface area contributed by atoms with Gasteiger partial charge in [-0.15, -0.1) is 0 Å². The zero-order chi connectivity index (χ0) is 11.9. The van der Waals surface area contributed by atoms with E-state index in [1.807, 2.05) is 13.8 Å². The van der Waals surface area contributed by atoms with Crippen molar-refractivity contribution in [2.75, 3.05) is 13.1 Å². The van der Waals surface area contributed by atoms with Crippen molar-refractivity contribution in [2.45, 2.75) is 73.1 Å². The second-order valence-electron chi connectivity index (χ2n) is 3.97. The van der Waals surface area contributed by atoms with Crippen LogP contribution in [0.1, 0.15) is 73.1 Å². The predicted molar refractivity (Wildman–Crippen MR) is 72.4 cm³/mol. The van der Waals surface area contributed by atoms with E-state index in [1.54, 1.807) is 0 Å². The molecule has 0 aliphatic rings. The van der Waals surface area contributed by atoms with Crippen LogP contribution in [0.15, 0.2) is 0 Å². The van der Waals surface area contributed by atoms with Gasteiger partial charge in [0, 0.05) is 0 Å². The molecule has 0 aliphatic carbocycles. The standard InChI is InChI=1S/C12H27N.C2H6/c1-4-7-8-10-13-11-12(6-3)9-5-2;1-2/h12-13H,4-11H2,1-3H3;1-2H3. The van der Waals surface area contributed by atoms with Crippen molar-refractivity contribution in [2.24, 2.45) is 5.92 Å². The number of rotatable bonds is 9. The lowest BCUT2D eigenvalue weighted by Crippen LogP contribution is -2.23. The summed E-state index contributed by atoms with van der Waals surface area (Å²) in [6, 6.07) is 0. The lowest BCUT2D eigenvalue weighted by Gasteiger charge is -2.14. The quantitative estimate of drug-likeness (QED) is 0.553. The molecule has 0 bridgehead atoms. The van der Waals surface area contributed by atoms with Gasteiger partial charge in [0.1, 0.15) is 0 Å². The van der Waals surface area contributed by atoms with E-state index in [9.17, 15) is 0 Å². The van der Waals surface area contributed by atoms with Crippen LogP contribution in [0.25, 0.3) is 0 Å². The van der Waals surface area contributed by atoms with Crippen molar-refractivity contribution in [3.05, 3.63) is 0 Å². The summed E-state index contributed by atoms with van der Waals surface area (Å²) in [4.78, 5) is 0. The number of hydrogen-bond donors (Lipinski definition) is 1. The molecule has 0 aromatic heterocycles. The molecule has 0 saturated carbocycles. The van der Waals surface area contributed by atoms with Gasteiger partial charge < -0.3 is 5.32 Å². The van der Waals surface area contributed by atoms with Crippen LogP contribution in [0.3, 0.4) is 0 Å². The van der Waals surface area contributed by atoms with E-state index in [1.165, 1.54) is 51.6 Å². The highest BCUT2D eigenvalue weighted by atomic mass is 14.8. The maximum Gasteiger partial charge on any atom is -0.00206 e. The van der Waals surface area contributed by atoms with Gasteiger partial charge in [0.05, 0.1) is 0 Å². The summed E-state index contributed by atoms with van der Waals surface area (Å²) < 4.78 is 0. The molecule has 1 N–H and O–H groups in total. The molecular formula is C14H33N. The lowest BCUT2D eigenvalue weighted by atomic mass is 10.0. The number of nitrogens with one attached hydrogen (secondary N) is 1. The molecule has 94 valence electrons. The van der Waals surface area contributed by atoms with Crippen LogP contribution in [0.4, 0.5) is 0 Å². The molecule has 0 radical (unpaired) electrons. The highest BCUT2D eigenvalue weighted by Crippen LogP contribution is 2.08. The van der Waals surface area contributed by atoms with Crippen molar-refractivity contribution in [1.29, 1.82) is 0 Å². The van der Waals surface area contributed by atoms with Crippen molar-refractivity contribution in [1.82, 2.24) is 5.32 Å². The summed E-state index contributed by atoms with van der Waals surface area (Å²) in [5.41, 5.74) is 0. The summed E-state index contributed by atoms with van der Waals surface area (Å²) in [6.45, 7) is 13.3. The smallest absolute Gasteiger partial charge is 0.00206 e. The summed E-state index contributed by atoms with van der Waals surface area (Å²) >= 11 is 0. The van der Waals surface area contributed by atoms with Crippen molar-refractivity contribution in [3.63, 3.8) is 0 Å². The Hall–Kier alpha value is -0.0400. The van der Waals surface area contributed by atoms with Crippen LogP contribution in [0, 0.1) is 5.92 Å². The molecule has 1 unspecified atom stereocenters. The fourth-order valence-corrected chi connectivity index (χ4v) is 1.66. The van der Waals surface area contributed by atoms with Crippen molar-refractivity contribution < 1.29 is 0 Å². The highest BCUT2D eigenvalue weighted by molar-refractivity contribution is 4.59. The Balaban J connectivity index is 0. The first-order valence-electron chi connectivity index (χ1n) is 7.05. The minimum Gasteiger partial charge on any atom is -0.316 e. The van der Waals surface area contributed by atoms with E-state index in [0.717, 1.165) is 5.92 Å². The minimum absolute atomic E-state index is 0.909. The van der Waals surface area contributed by atoms with Crippen molar-refractivity contribution >= 4 is 0 Å². The minimum atomic E-state index is 0.909. The summed E-state index contributed by atoms with van der Waals surface area (Å²) in [6.07, 6.45) is 8.09. The van der Waals surface area contributed by atoms with E-state index in [4.69, 9.17) is 0 Å². The Morgan fingerprint density at radius 1 is 0.933 bits per heavy atom.